The zero-order chi connectivity index (χ0) is 14.1. The third-order valence-corrected chi connectivity index (χ3v) is 2.51. The summed E-state index contributed by atoms with van der Waals surface area (Å²) in [5.41, 5.74) is 1.02. The predicted octanol–water partition coefficient (Wildman–Crippen LogP) is 1.31. The van der Waals surface area contributed by atoms with E-state index in [1.54, 1.807) is 14.0 Å². The molecule has 0 spiro atoms. The molecule has 5 heteroatoms. The average Bonchev–Trinajstić information content (AvgIpc) is 2.43. The maximum atomic E-state index is 11.5. The molecule has 0 aromatic heterocycles. The first kappa shape index (κ1) is 15.0. The number of hydrogen-bond acceptors (Lipinski definition) is 4. The van der Waals surface area contributed by atoms with Gasteiger partial charge in [-0.25, -0.2) is 0 Å². The lowest BCUT2D eigenvalue weighted by atomic mass is 10.1. The molecule has 5 nitrogen and oxygen atoms in total. The molecule has 1 aromatic carbocycles. The predicted molar refractivity (Wildman–Crippen MR) is 71.0 cm³/mol. The zero-order valence-electron chi connectivity index (χ0n) is 11.3. The number of esters is 1. The van der Waals surface area contributed by atoms with Gasteiger partial charge in [-0.15, -0.1) is 0 Å². The van der Waals surface area contributed by atoms with Gasteiger partial charge in [0.2, 0.25) is 5.91 Å². The molecule has 104 valence electrons. The van der Waals surface area contributed by atoms with Gasteiger partial charge < -0.3 is 14.8 Å². The maximum Gasteiger partial charge on any atom is 0.325 e. The van der Waals surface area contributed by atoms with Crippen molar-refractivity contribution in [3.63, 3.8) is 0 Å². The number of methoxy groups -OCH3 is 1. The summed E-state index contributed by atoms with van der Waals surface area (Å²) in [5, 5.41) is 2.52. The molecule has 0 aliphatic rings. The molecule has 0 radical (unpaired) electrons. The molecule has 1 aromatic rings. The summed E-state index contributed by atoms with van der Waals surface area (Å²) in [7, 11) is 1.60. The molecule has 0 heterocycles. The Bertz CT molecular complexity index is 431. The Kier molecular flexibility index (Phi) is 6.43. The zero-order valence-corrected chi connectivity index (χ0v) is 11.3. The van der Waals surface area contributed by atoms with E-state index in [4.69, 9.17) is 9.47 Å². The number of rotatable bonds is 7. The van der Waals surface area contributed by atoms with Crippen molar-refractivity contribution in [1.82, 2.24) is 5.32 Å². The Labute approximate surface area is 112 Å². The van der Waals surface area contributed by atoms with Crippen LogP contribution >= 0.6 is 0 Å². The molecule has 1 amide bonds. The van der Waals surface area contributed by atoms with E-state index in [-0.39, 0.29) is 12.5 Å². The number of hydrogen-bond donors (Lipinski definition) is 1. The lowest BCUT2D eigenvalue weighted by molar-refractivity contribution is -0.143. The van der Waals surface area contributed by atoms with E-state index in [0.29, 0.717) is 19.4 Å². The minimum atomic E-state index is -0.419. The monoisotopic (exact) mass is 265 g/mol. The van der Waals surface area contributed by atoms with Crippen LogP contribution in [0.5, 0.6) is 5.75 Å². The molecule has 19 heavy (non-hydrogen) atoms. The fourth-order valence-corrected chi connectivity index (χ4v) is 1.56. The molecule has 0 aliphatic heterocycles. The number of ether oxygens (including phenoxy) is 2. The summed E-state index contributed by atoms with van der Waals surface area (Å²) >= 11 is 0. The van der Waals surface area contributed by atoms with E-state index in [9.17, 15) is 9.59 Å². The van der Waals surface area contributed by atoms with Crippen molar-refractivity contribution >= 4 is 11.9 Å². The molecule has 0 atom stereocenters. The topological polar surface area (TPSA) is 64.6 Å². The third-order valence-electron chi connectivity index (χ3n) is 2.51. The minimum Gasteiger partial charge on any atom is -0.497 e. The molecule has 1 N–H and O–H groups in total. The highest BCUT2D eigenvalue weighted by atomic mass is 16.5. The van der Waals surface area contributed by atoms with Gasteiger partial charge in [0.05, 0.1) is 13.7 Å². The first-order valence-electron chi connectivity index (χ1n) is 6.21. The van der Waals surface area contributed by atoms with Crippen LogP contribution in [-0.4, -0.2) is 32.1 Å². The number of aryl methyl sites for hydroxylation is 1. The van der Waals surface area contributed by atoms with Crippen molar-refractivity contribution in [2.45, 2.75) is 19.8 Å². The highest BCUT2D eigenvalue weighted by molar-refractivity contribution is 5.81. The Morgan fingerprint density at radius 2 is 2.11 bits per heavy atom. The number of carbonyl (C=O) groups is 2. The van der Waals surface area contributed by atoms with Gasteiger partial charge in [0, 0.05) is 6.42 Å². The van der Waals surface area contributed by atoms with Crippen molar-refractivity contribution < 1.29 is 19.1 Å². The van der Waals surface area contributed by atoms with Gasteiger partial charge in [-0.1, -0.05) is 12.1 Å². The van der Waals surface area contributed by atoms with Gasteiger partial charge in [0.15, 0.2) is 0 Å². The number of benzene rings is 1. The summed E-state index contributed by atoms with van der Waals surface area (Å²) in [6, 6.07) is 7.55. The molecule has 0 fully saturated rings. The lowest BCUT2D eigenvalue weighted by Crippen LogP contribution is -2.30. The highest BCUT2D eigenvalue weighted by Crippen LogP contribution is 2.13. The van der Waals surface area contributed by atoms with Crippen LogP contribution in [0.2, 0.25) is 0 Å². The first-order chi connectivity index (χ1) is 9.15. The van der Waals surface area contributed by atoms with Gasteiger partial charge in [0.1, 0.15) is 12.3 Å². The normalized spacial score (nSPS) is 9.79. The summed E-state index contributed by atoms with van der Waals surface area (Å²) < 4.78 is 9.82. The number of carbonyl (C=O) groups excluding carboxylic acids is 2. The summed E-state index contributed by atoms with van der Waals surface area (Å²) in [4.78, 5) is 22.6. The Balaban J connectivity index is 2.31. The molecule has 1 rings (SSSR count). The van der Waals surface area contributed by atoms with Crippen LogP contribution in [0.25, 0.3) is 0 Å². The molecular formula is C14H19NO4. The maximum absolute atomic E-state index is 11.5. The molecular weight excluding hydrogens is 246 g/mol. The second-order valence-electron chi connectivity index (χ2n) is 3.93. The van der Waals surface area contributed by atoms with Crippen LogP contribution in [0.4, 0.5) is 0 Å². The van der Waals surface area contributed by atoms with Gasteiger partial charge in [0.25, 0.3) is 0 Å². The summed E-state index contributed by atoms with van der Waals surface area (Å²) in [6.45, 7) is 1.96. The number of amides is 1. The Morgan fingerprint density at radius 3 is 2.79 bits per heavy atom. The molecule has 0 saturated carbocycles. The van der Waals surface area contributed by atoms with Crippen LogP contribution < -0.4 is 10.1 Å². The minimum absolute atomic E-state index is 0.0786. The van der Waals surface area contributed by atoms with Crippen molar-refractivity contribution in [2.75, 3.05) is 20.3 Å². The van der Waals surface area contributed by atoms with Crippen LogP contribution in [-0.2, 0) is 20.7 Å². The van der Waals surface area contributed by atoms with Gasteiger partial charge in [-0.05, 0) is 31.0 Å². The largest absolute Gasteiger partial charge is 0.497 e. The van der Waals surface area contributed by atoms with E-state index < -0.39 is 5.97 Å². The quantitative estimate of drug-likeness (QED) is 0.755. The fourth-order valence-electron chi connectivity index (χ4n) is 1.56. The van der Waals surface area contributed by atoms with Crippen LogP contribution in [0.3, 0.4) is 0 Å². The van der Waals surface area contributed by atoms with E-state index in [1.165, 1.54) is 0 Å². The fraction of sp³-hybridized carbons (Fsp3) is 0.429. The standard InChI is InChI=1S/C14H19NO4/c1-3-19-14(17)10-15-13(16)8-7-11-5-4-6-12(9-11)18-2/h4-6,9H,3,7-8,10H2,1-2H3,(H,15,16). The average molecular weight is 265 g/mol. The second kappa shape index (κ2) is 8.13. The second-order valence-corrected chi connectivity index (χ2v) is 3.93. The summed E-state index contributed by atoms with van der Waals surface area (Å²) in [5.74, 6) is 0.178. The SMILES string of the molecule is CCOC(=O)CNC(=O)CCc1cccc(OC)c1. The van der Waals surface area contributed by atoms with Gasteiger partial charge >= 0.3 is 5.97 Å². The third kappa shape index (κ3) is 5.90. The van der Waals surface area contributed by atoms with E-state index in [0.717, 1.165) is 11.3 Å². The van der Waals surface area contributed by atoms with Gasteiger partial charge in [-0.2, -0.15) is 0 Å². The van der Waals surface area contributed by atoms with Crippen molar-refractivity contribution in [2.24, 2.45) is 0 Å². The van der Waals surface area contributed by atoms with Gasteiger partial charge in [-0.3, -0.25) is 9.59 Å². The van der Waals surface area contributed by atoms with E-state index in [2.05, 4.69) is 5.32 Å². The number of nitrogens with one attached hydrogen (secondary N) is 1. The smallest absolute Gasteiger partial charge is 0.325 e. The van der Waals surface area contributed by atoms with E-state index in [1.807, 2.05) is 24.3 Å². The van der Waals surface area contributed by atoms with Crippen molar-refractivity contribution in [3.05, 3.63) is 29.8 Å². The molecule has 0 bridgehead atoms. The van der Waals surface area contributed by atoms with Crippen molar-refractivity contribution in [1.29, 1.82) is 0 Å². The molecule has 0 saturated heterocycles. The van der Waals surface area contributed by atoms with Crippen molar-refractivity contribution in [3.8, 4) is 5.75 Å². The summed E-state index contributed by atoms with van der Waals surface area (Å²) in [6.07, 6.45) is 0.929. The molecule has 0 aliphatic carbocycles. The lowest BCUT2D eigenvalue weighted by Gasteiger charge is -2.06. The Morgan fingerprint density at radius 1 is 1.32 bits per heavy atom. The van der Waals surface area contributed by atoms with E-state index >= 15 is 0 Å². The Hall–Kier alpha value is -2.04. The molecule has 0 unspecified atom stereocenters. The van der Waals surface area contributed by atoms with Crippen LogP contribution in [0.1, 0.15) is 18.9 Å². The highest BCUT2D eigenvalue weighted by Gasteiger charge is 2.06. The van der Waals surface area contributed by atoms with Crippen LogP contribution in [0.15, 0.2) is 24.3 Å². The first-order valence-corrected chi connectivity index (χ1v) is 6.21. The van der Waals surface area contributed by atoms with Crippen LogP contribution in [0, 0.1) is 0 Å².